The van der Waals surface area contributed by atoms with E-state index in [4.69, 9.17) is 16.9 Å². The van der Waals surface area contributed by atoms with Crippen LogP contribution < -0.4 is 4.90 Å². The average molecular weight is 385 g/mol. The highest BCUT2D eigenvalue weighted by Crippen LogP contribution is 2.45. The zero-order valence-electron chi connectivity index (χ0n) is 14.7. The number of piperazine rings is 1. The number of rotatable bonds is 2. The first-order valence-electron chi connectivity index (χ1n) is 9.10. The summed E-state index contributed by atoms with van der Waals surface area (Å²) in [7, 11) is 0. The Balaban J connectivity index is 1.50. The van der Waals surface area contributed by atoms with Crippen LogP contribution in [0.5, 0.6) is 0 Å². The van der Waals surface area contributed by atoms with Crippen molar-refractivity contribution in [3.05, 3.63) is 28.3 Å². The van der Waals surface area contributed by atoms with E-state index in [0.29, 0.717) is 29.8 Å². The number of fused-ring (bicyclic) bond motifs is 5. The van der Waals surface area contributed by atoms with Gasteiger partial charge < -0.3 is 9.80 Å². The fourth-order valence-corrected chi connectivity index (χ4v) is 4.90. The molecule has 4 amide bonds. The van der Waals surface area contributed by atoms with Crippen molar-refractivity contribution in [2.45, 2.75) is 44.3 Å². The number of hydrogen-bond donors (Lipinski definition) is 0. The van der Waals surface area contributed by atoms with Crippen molar-refractivity contribution in [3.8, 4) is 6.07 Å². The van der Waals surface area contributed by atoms with Gasteiger partial charge in [-0.25, -0.2) is 9.69 Å². The Bertz CT molecular complexity index is 951. The molecular formula is C19H17ClN4O3. The number of imide groups is 1. The lowest BCUT2D eigenvalue weighted by Crippen LogP contribution is -2.55. The Labute approximate surface area is 161 Å². The molecule has 3 heterocycles. The number of anilines is 1. The number of benzene rings is 1. The maximum atomic E-state index is 13.2. The van der Waals surface area contributed by atoms with Gasteiger partial charge in [0.25, 0.3) is 5.91 Å². The number of carbonyl (C=O) groups excluding carboxylic acids is 3. The highest BCUT2D eigenvalue weighted by atomic mass is 35.5. The summed E-state index contributed by atoms with van der Waals surface area (Å²) >= 11 is 6.23. The highest BCUT2D eigenvalue weighted by Gasteiger charge is 2.63. The second-order valence-corrected chi connectivity index (χ2v) is 8.09. The van der Waals surface area contributed by atoms with E-state index in [1.165, 1.54) is 6.07 Å². The molecule has 4 fully saturated rings. The van der Waals surface area contributed by atoms with E-state index in [9.17, 15) is 14.4 Å². The van der Waals surface area contributed by atoms with Gasteiger partial charge >= 0.3 is 6.03 Å². The molecule has 1 aromatic rings. The second kappa shape index (κ2) is 5.46. The number of amides is 4. The zero-order valence-corrected chi connectivity index (χ0v) is 15.4. The summed E-state index contributed by atoms with van der Waals surface area (Å²) in [5, 5.41) is 9.36. The molecular weight excluding hydrogens is 368 g/mol. The van der Waals surface area contributed by atoms with E-state index >= 15 is 0 Å². The smallest absolute Gasteiger partial charge is 0.332 e. The largest absolute Gasteiger partial charge is 0.335 e. The van der Waals surface area contributed by atoms with Gasteiger partial charge in [-0.2, -0.15) is 5.26 Å². The minimum Gasteiger partial charge on any atom is -0.335 e. The van der Waals surface area contributed by atoms with Crippen LogP contribution in [0.2, 0.25) is 5.02 Å². The quantitative estimate of drug-likeness (QED) is 0.730. The summed E-state index contributed by atoms with van der Waals surface area (Å²) in [6, 6.07) is 3.78. The van der Waals surface area contributed by atoms with Gasteiger partial charge in [-0.1, -0.05) is 11.6 Å². The zero-order chi connectivity index (χ0) is 19.0. The Morgan fingerprint density at radius 1 is 1.30 bits per heavy atom. The molecule has 4 aliphatic rings. The molecule has 1 unspecified atom stereocenters. The third-order valence-corrected chi connectivity index (χ3v) is 6.68. The van der Waals surface area contributed by atoms with Crippen molar-refractivity contribution in [1.82, 2.24) is 9.80 Å². The van der Waals surface area contributed by atoms with Crippen LogP contribution in [0.1, 0.15) is 30.4 Å². The minimum atomic E-state index is -0.618. The molecule has 3 saturated heterocycles. The third-order valence-electron chi connectivity index (χ3n) is 6.19. The number of nitrogens with zero attached hydrogens (tertiary/aromatic N) is 4. The van der Waals surface area contributed by atoms with Gasteiger partial charge in [0.2, 0.25) is 5.91 Å². The monoisotopic (exact) mass is 384 g/mol. The molecule has 0 aromatic heterocycles. The molecule has 3 aliphatic heterocycles. The molecule has 1 aromatic carbocycles. The summed E-state index contributed by atoms with van der Waals surface area (Å²) in [6.45, 7) is 2.20. The topological polar surface area (TPSA) is 84.7 Å². The standard InChI is InChI=1S/C19H17ClN4O3/c1-9-13(5-4-11(7-21)15(9)20)24-18(26)16-14-6-12(23(16)19(24)27)8-22(14)17(25)10-2-3-10/h4-5,10,12,14,16H,2-3,6,8H2,1H3/t12-,14?,16+/m1/s1. The van der Waals surface area contributed by atoms with Crippen LogP contribution in [-0.2, 0) is 9.59 Å². The van der Waals surface area contributed by atoms with Crippen molar-refractivity contribution < 1.29 is 14.4 Å². The number of hydrogen-bond acceptors (Lipinski definition) is 4. The lowest BCUT2D eigenvalue weighted by molar-refractivity contribution is -0.136. The Morgan fingerprint density at radius 2 is 2.04 bits per heavy atom. The first kappa shape index (κ1) is 16.6. The average Bonchev–Trinajstić information content (AvgIpc) is 3.25. The highest BCUT2D eigenvalue weighted by molar-refractivity contribution is 6.33. The molecule has 1 aliphatic carbocycles. The molecule has 3 atom stereocenters. The van der Waals surface area contributed by atoms with Gasteiger partial charge in [0.1, 0.15) is 12.1 Å². The molecule has 27 heavy (non-hydrogen) atoms. The summed E-state index contributed by atoms with van der Waals surface area (Å²) in [4.78, 5) is 43.4. The second-order valence-electron chi connectivity index (χ2n) is 7.71. The van der Waals surface area contributed by atoms with E-state index < -0.39 is 6.04 Å². The van der Waals surface area contributed by atoms with Gasteiger partial charge in [0, 0.05) is 12.5 Å². The normalized spacial score (nSPS) is 28.8. The molecule has 138 valence electrons. The van der Waals surface area contributed by atoms with Crippen molar-refractivity contribution in [1.29, 1.82) is 5.26 Å². The predicted octanol–water partition coefficient (Wildman–Crippen LogP) is 2.05. The van der Waals surface area contributed by atoms with Crippen LogP contribution in [0.15, 0.2) is 12.1 Å². The lowest BCUT2D eigenvalue weighted by atomic mass is 10.1. The Morgan fingerprint density at radius 3 is 2.70 bits per heavy atom. The van der Waals surface area contributed by atoms with Crippen molar-refractivity contribution in [2.75, 3.05) is 11.4 Å². The van der Waals surface area contributed by atoms with Crippen LogP contribution in [-0.4, -0.2) is 52.3 Å². The maximum Gasteiger partial charge on any atom is 0.332 e. The molecule has 8 heteroatoms. The van der Waals surface area contributed by atoms with Crippen molar-refractivity contribution in [2.24, 2.45) is 5.92 Å². The molecule has 2 bridgehead atoms. The van der Waals surface area contributed by atoms with Gasteiger partial charge in [-0.05, 0) is 43.9 Å². The van der Waals surface area contributed by atoms with Crippen LogP contribution in [0.25, 0.3) is 0 Å². The maximum absolute atomic E-state index is 13.2. The van der Waals surface area contributed by atoms with Gasteiger partial charge in [-0.15, -0.1) is 0 Å². The van der Waals surface area contributed by atoms with Crippen LogP contribution in [0, 0.1) is 24.2 Å². The molecule has 5 rings (SSSR count). The van der Waals surface area contributed by atoms with Crippen LogP contribution in [0.3, 0.4) is 0 Å². The SMILES string of the molecule is Cc1c(N2C(=O)[C@@H]3C4C[C@H](CN4C(=O)C4CC4)N3C2=O)ccc(C#N)c1Cl. The Hall–Kier alpha value is -2.59. The molecule has 0 radical (unpaired) electrons. The summed E-state index contributed by atoms with van der Waals surface area (Å²) in [5.41, 5.74) is 1.23. The number of halogens is 1. The molecule has 0 spiro atoms. The van der Waals surface area contributed by atoms with Gasteiger partial charge in [0.05, 0.1) is 28.4 Å². The van der Waals surface area contributed by atoms with Crippen molar-refractivity contribution in [3.63, 3.8) is 0 Å². The van der Waals surface area contributed by atoms with Crippen LogP contribution >= 0.6 is 11.6 Å². The van der Waals surface area contributed by atoms with Crippen LogP contribution in [0.4, 0.5) is 10.5 Å². The first-order valence-corrected chi connectivity index (χ1v) is 9.47. The van der Waals surface area contributed by atoms with Gasteiger partial charge in [0.15, 0.2) is 0 Å². The fraction of sp³-hybridized carbons (Fsp3) is 0.474. The number of likely N-dealkylation sites (tertiary alicyclic amines) is 1. The van der Waals surface area contributed by atoms with E-state index in [0.717, 1.165) is 17.7 Å². The molecule has 1 saturated carbocycles. The van der Waals surface area contributed by atoms with E-state index in [1.54, 1.807) is 17.9 Å². The first-order chi connectivity index (χ1) is 12.9. The van der Waals surface area contributed by atoms with Crippen molar-refractivity contribution >= 4 is 35.1 Å². The molecule has 7 nitrogen and oxygen atoms in total. The third kappa shape index (κ3) is 2.10. The fourth-order valence-electron chi connectivity index (χ4n) is 4.70. The number of nitriles is 1. The molecule has 0 N–H and O–H groups in total. The summed E-state index contributed by atoms with van der Waals surface area (Å²) < 4.78 is 0. The Kier molecular flexibility index (Phi) is 3.35. The summed E-state index contributed by atoms with van der Waals surface area (Å²) in [5.74, 6) is -0.0937. The van der Waals surface area contributed by atoms with E-state index in [2.05, 4.69) is 0 Å². The van der Waals surface area contributed by atoms with E-state index in [1.807, 2.05) is 11.0 Å². The van der Waals surface area contributed by atoms with Gasteiger partial charge in [-0.3, -0.25) is 9.59 Å². The lowest BCUT2D eigenvalue weighted by Gasteiger charge is -2.35. The predicted molar refractivity (Wildman–Crippen MR) is 96.0 cm³/mol. The number of urea groups is 1. The number of carbonyl (C=O) groups is 3. The summed E-state index contributed by atoms with van der Waals surface area (Å²) in [6.07, 6.45) is 2.51. The van der Waals surface area contributed by atoms with E-state index in [-0.39, 0.29) is 40.9 Å². The minimum absolute atomic E-state index is 0.0979.